The van der Waals surface area contributed by atoms with E-state index < -0.39 is 17.5 Å². The fraction of sp³-hybridized carbons (Fsp3) is 0.200. The minimum atomic E-state index is -1.04. The minimum absolute atomic E-state index is 0.0642. The van der Waals surface area contributed by atoms with Crippen molar-refractivity contribution in [3.63, 3.8) is 0 Å². The first kappa shape index (κ1) is 13.3. The Morgan fingerprint density at radius 1 is 1.41 bits per heavy atom. The highest BCUT2D eigenvalue weighted by Crippen LogP contribution is 2.14. The molecule has 0 heterocycles. The molecule has 0 aromatic heterocycles. The van der Waals surface area contributed by atoms with Gasteiger partial charge >= 0.3 is 0 Å². The SMILES string of the molecule is NC(=S)CNC(=O)COc1ccc(F)c(F)c1. The number of nitrogens with one attached hydrogen (secondary N) is 1. The number of halogens is 2. The van der Waals surface area contributed by atoms with Gasteiger partial charge in [-0.2, -0.15) is 0 Å². The van der Waals surface area contributed by atoms with Crippen LogP contribution in [0.1, 0.15) is 0 Å². The molecule has 0 radical (unpaired) electrons. The Labute approximate surface area is 102 Å². The molecule has 0 aliphatic rings. The number of hydrogen-bond acceptors (Lipinski definition) is 3. The van der Waals surface area contributed by atoms with Gasteiger partial charge in [0.1, 0.15) is 5.75 Å². The summed E-state index contributed by atoms with van der Waals surface area (Å²) < 4.78 is 30.3. The summed E-state index contributed by atoms with van der Waals surface area (Å²) in [6, 6.07) is 2.99. The highest BCUT2D eigenvalue weighted by atomic mass is 32.1. The molecule has 0 saturated heterocycles. The van der Waals surface area contributed by atoms with E-state index in [4.69, 9.17) is 10.5 Å². The van der Waals surface area contributed by atoms with E-state index in [1.807, 2.05) is 0 Å². The molecule has 0 fully saturated rings. The highest BCUT2D eigenvalue weighted by molar-refractivity contribution is 7.80. The maximum Gasteiger partial charge on any atom is 0.258 e. The first-order chi connectivity index (χ1) is 7.99. The number of benzene rings is 1. The predicted octanol–water partition coefficient (Wildman–Crippen LogP) is 0.746. The van der Waals surface area contributed by atoms with Crippen LogP contribution >= 0.6 is 12.2 Å². The molecule has 0 saturated carbocycles. The molecule has 0 atom stereocenters. The molecule has 7 heteroatoms. The van der Waals surface area contributed by atoms with E-state index in [1.54, 1.807) is 0 Å². The van der Waals surface area contributed by atoms with Crippen LogP contribution in [0.2, 0.25) is 0 Å². The second-order valence-corrected chi connectivity index (χ2v) is 3.63. The summed E-state index contributed by atoms with van der Waals surface area (Å²) in [7, 11) is 0. The standard InChI is InChI=1S/C10H10F2N2O2S/c11-7-2-1-6(3-8(7)12)16-5-10(15)14-4-9(13)17/h1-3H,4-5H2,(H2,13,17)(H,14,15). The number of amides is 1. The molecular weight excluding hydrogens is 250 g/mol. The average molecular weight is 260 g/mol. The van der Waals surface area contributed by atoms with Crippen LogP contribution in [0.3, 0.4) is 0 Å². The number of ether oxygens (including phenoxy) is 1. The highest BCUT2D eigenvalue weighted by Gasteiger charge is 2.06. The summed E-state index contributed by atoms with van der Waals surface area (Å²) in [5.74, 6) is -2.40. The Bertz CT molecular complexity index is 440. The van der Waals surface area contributed by atoms with E-state index in [9.17, 15) is 13.6 Å². The van der Waals surface area contributed by atoms with Crippen molar-refractivity contribution in [3.8, 4) is 5.75 Å². The Hall–Kier alpha value is -1.76. The van der Waals surface area contributed by atoms with Gasteiger partial charge in [-0.25, -0.2) is 8.78 Å². The Morgan fingerprint density at radius 2 is 2.12 bits per heavy atom. The third-order valence-electron chi connectivity index (χ3n) is 1.72. The van der Waals surface area contributed by atoms with E-state index in [2.05, 4.69) is 17.5 Å². The molecule has 1 aromatic rings. The second-order valence-electron chi connectivity index (χ2n) is 3.11. The van der Waals surface area contributed by atoms with Gasteiger partial charge in [0.2, 0.25) is 0 Å². The van der Waals surface area contributed by atoms with Gasteiger partial charge in [0, 0.05) is 6.07 Å². The van der Waals surface area contributed by atoms with Crippen molar-refractivity contribution in [3.05, 3.63) is 29.8 Å². The van der Waals surface area contributed by atoms with Gasteiger partial charge in [-0.3, -0.25) is 4.79 Å². The molecule has 1 rings (SSSR count). The first-order valence-corrected chi connectivity index (χ1v) is 5.02. The summed E-state index contributed by atoms with van der Waals surface area (Å²) in [5.41, 5.74) is 5.17. The van der Waals surface area contributed by atoms with Crippen molar-refractivity contribution in [1.29, 1.82) is 0 Å². The number of thiocarbonyl (C=S) groups is 1. The molecular formula is C10H10F2N2O2S. The summed E-state index contributed by atoms with van der Waals surface area (Å²) in [6.45, 7) is -0.261. The van der Waals surface area contributed by atoms with Crippen LogP contribution in [0, 0.1) is 11.6 Å². The van der Waals surface area contributed by atoms with Crippen molar-refractivity contribution in [2.75, 3.05) is 13.2 Å². The molecule has 1 amide bonds. The van der Waals surface area contributed by atoms with Gasteiger partial charge in [0.05, 0.1) is 11.5 Å². The predicted molar refractivity (Wildman–Crippen MR) is 61.6 cm³/mol. The molecule has 0 spiro atoms. The summed E-state index contributed by atoms with van der Waals surface area (Å²) in [4.78, 5) is 11.3. The van der Waals surface area contributed by atoms with Crippen LogP contribution < -0.4 is 15.8 Å². The number of hydrogen-bond donors (Lipinski definition) is 2. The molecule has 0 unspecified atom stereocenters. The average Bonchev–Trinajstić information content (AvgIpc) is 2.28. The van der Waals surface area contributed by atoms with Crippen molar-refractivity contribution >= 4 is 23.1 Å². The van der Waals surface area contributed by atoms with Crippen molar-refractivity contribution < 1.29 is 18.3 Å². The van der Waals surface area contributed by atoms with Gasteiger partial charge in [-0.05, 0) is 12.1 Å². The second kappa shape index (κ2) is 6.09. The van der Waals surface area contributed by atoms with Crippen LogP contribution in [0.25, 0.3) is 0 Å². The van der Waals surface area contributed by atoms with E-state index in [0.29, 0.717) is 0 Å². The molecule has 4 nitrogen and oxygen atoms in total. The molecule has 0 bridgehead atoms. The molecule has 92 valence electrons. The van der Waals surface area contributed by atoms with Crippen LogP contribution in [-0.2, 0) is 4.79 Å². The largest absolute Gasteiger partial charge is 0.484 e. The summed E-state index contributed by atoms with van der Waals surface area (Å²) in [5, 5.41) is 2.38. The fourth-order valence-electron chi connectivity index (χ4n) is 0.952. The summed E-state index contributed by atoms with van der Waals surface area (Å²) in [6.07, 6.45) is 0. The normalized spacial score (nSPS) is 9.76. The lowest BCUT2D eigenvalue weighted by atomic mass is 10.3. The Kier molecular flexibility index (Phi) is 4.77. The molecule has 17 heavy (non-hydrogen) atoms. The Balaban J connectivity index is 2.42. The maximum atomic E-state index is 12.8. The van der Waals surface area contributed by atoms with Gasteiger partial charge in [-0.1, -0.05) is 12.2 Å². The number of rotatable bonds is 5. The fourth-order valence-corrected chi connectivity index (χ4v) is 1.02. The third-order valence-corrected chi connectivity index (χ3v) is 1.87. The molecule has 0 aliphatic carbocycles. The van der Waals surface area contributed by atoms with Gasteiger partial charge < -0.3 is 15.8 Å². The smallest absolute Gasteiger partial charge is 0.258 e. The monoisotopic (exact) mass is 260 g/mol. The van der Waals surface area contributed by atoms with Gasteiger partial charge in [0.25, 0.3) is 5.91 Å². The molecule has 0 aliphatic heterocycles. The summed E-state index contributed by atoms with van der Waals surface area (Å²) >= 11 is 4.55. The number of carbonyl (C=O) groups is 1. The van der Waals surface area contributed by atoms with Crippen molar-refractivity contribution in [2.24, 2.45) is 5.73 Å². The van der Waals surface area contributed by atoms with E-state index in [1.165, 1.54) is 6.07 Å². The number of nitrogens with two attached hydrogens (primary N) is 1. The molecule has 1 aromatic carbocycles. The maximum absolute atomic E-state index is 12.8. The first-order valence-electron chi connectivity index (χ1n) is 4.62. The van der Waals surface area contributed by atoms with Crippen LogP contribution in [0.5, 0.6) is 5.75 Å². The zero-order chi connectivity index (χ0) is 12.8. The van der Waals surface area contributed by atoms with Crippen LogP contribution in [0.15, 0.2) is 18.2 Å². The van der Waals surface area contributed by atoms with Crippen LogP contribution in [-0.4, -0.2) is 24.0 Å². The van der Waals surface area contributed by atoms with Crippen LogP contribution in [0.4, 0.5) is 8.78 Å². The van der Waals surface area contributed by atoms with Crippen molar-refractivity contribution in [2.45, 2.75) is 0 Å². The van der Waals surface area contributed by atoms with Crippen molar-refractivity contribution in [1.82, 2.24) is 5.32 Å². The lowest BCUT2D eigenvalue weighted by Crippen LogP contribution is -2.35. The third kappa shape index (κ3) is 4.73. The zero-order valence-corrected chi connectivity index (χ0v) is 9.52. The van der Waals surface area contributed by atoms with Gasteiger partial charge in [0.15, 0.2) is 18.2 Å². The van der Waals surface area contributed by atoms with Gasteiger partial charge in [-0.15, -0.1) is 0 Å². The van der Waals surface area contributed by atoms with E-state index in [0.717, 1.165) is 12.1 Å². The number of carbonyl (C=O) groups excluding carboxylic acids is 1. The lowest BCUT2D eigenvalue weighted by Gasteiger charge is -2.06. The minimum Gasteiger partial charge on any atom is -0.484 e. The molecule has 3 N–H and O–H groups in total. The topological polar surface area (TPSA) is 64.3 Å². The lowest BCUT2D eigenvalue weighted by molar-refractivity contribution is -0.122. The zero-order valence-electron chi connectivity index (χ0n) is 8.70. The quantitative estimate of drug-likeness (QED) is 0.767. The van der Waals surface area contributed by atoms with E-state index >= 15 is 0 Å². The Morgan fingerprint density at radius 3 is 2.71 bits per heavy atom. The van der Waals surface area contributed by atoms with E-state index in [-0.39, 0.29) is 23.9 Å².